The molecule has 0 aliphatic carbocycles. The number of hydrogen-bond acceptors (Lipinski definition) is 6. The van der Waals surface area contributed by atoms with Crippen molar-refractivity contribution in [2.24, 2.45) is 0 Å². The summed E-state index contributed by atoms with van der Waals surface area (Å²) >= 11 is 2.83. The maximum atomic E-state index is 13.2. The van der Waals surface area contributed by atoms with Gasteiger partial charge in [-0.15, -0.1) is 0 Å². The number of hydrogen-bond donors (Lipinski definition) is 5. The van der Waals surface area contributed by atoms with Gasteiger partial charge in [0.05, 0.1) is 30.0 Å². The van der Waals surface area contributed by atoms with Crippen LogP contribution < -0.4 is 10.5 Å². The molecule has 10 heteroatoms. The van der Waals surface area contributed by atoms with Crippen LogP contribution in [0.2, 0.25) is 0 Å². The molecular formula is C10H14BrFN2O5S. The highest BCUT2D eigenvalue weighted by Crippen LogP contribution is 2.26. The van der Waals surface area contributed by atoms with Crippen molar-refractivity contribution >= 4 is 31.6 Å². The van der Waals surface area contributed by atoms with Crippen molar-refractivity contribution in [2.45, 2.75) is 10.4 Å². The minimum atomic E-state index is -4.28. The first-order valence-corrected chi connectivity index (χ1v) is 7.60. The minimum Gasteiger partial charge on any atom is -0.398 e. The Hall–Kier alpha value is -0.780. The van der Waals surface area contributed by atoms with Gasteiger partial charge in [-0.2, -0.15) is 4.72 Å². The van der Waals surface area contributed by atoms with Gasteiger partial charge < -0.3 is 21.1 Å². The van der Waals surface area contributed by atoms with Gasteiger partial charge in [0, 0.05) is 0 Å². The van der Waals surface area contributed by atoms with Gasteiger partial charge in [0.15, 0.2) is 0 Å². The van der Waals surface area contributed by atoms with Crippen LogP contribution in [0.5, 0.6) is 0 Å². The van der Waals surface area contributed by atoms with Crippen LogP contribution in [0.15, 0.2) is 21.5 Å². The van der Waals surface area contributed by atoms with E-state index in [9.17, 15) is 12.8 Å². The number of nitrogens with two attached hydrogens (primary N) is 1. The lowest BCUT2D eigenvalue weighted by atomic mass is 10.1. The quantitative estimate of drug-likeness (QED) is 0.413. The molecule has 114 valence electrons. The molecule has 0 bridgehead atoms. The normalized spacial score (nSPS) is 12.7. The molecule has 6 N–H and O–H groups in total. The molecule has 0 aliphatic rings. The summed E-state index contributed by atoms with van der Waals surface area (Å²) < 4.78 is 39.3. The first kappa shape index (κ1) is 17.3. The zero-order valence-electron chi connectivity index (χ0n) is 10.2. The molecule has 1 aromatic carbocycles. The highest BCUT2D eigenvalue weighted by molar-refractivity contribution is 9.10. The summed E-state index contributed by atoms with van der Waals surface area (Å²) in [7, 11) is -4.28. The van der Waals surface area contributed by atoms with Gasteiger partial charge >= 0.3 is 0 Å². The van der Waals surface area contributed by atoms with E-state index in [0.717, 1.165) is 12.1 Å². The van der Waals surface area contributed by atoms with Gasteiger partial charge in [-0.25, -0.2) is 12.8 Å². The van der Waals surface area contributed by atoms with E-state index >= 15 is 0 Å². The topological polar surface area (TPSA) is 133 Å². The number of aliphatic hydroxyl groups excluding tert-OH is 3. The summed E-state index contributed by atoms with van der Waals surface area (Å²) in [5, 5.41) is 27.3. The Morgan fingerprint density at radius 1 is 1.25 bits per heavy atom. The summed E-state index contributed by atoms with van der Waals surface area (Å²) in [5.41, 5.74) is 3.26. The third-order valence-electron chi connectivity index (χ3n) is 2.60. The fourth-order valence-electron chi connectivity index (χ4n) is 1.36. The van der Waals surface area contributed by atoms with Crippen molar-refractivity contribution in [2.75, 3.05) is 25.6 Å². The van der Waals surface area contributed by atoms with E-state index in [-0.39, 0.29) is 10.2 Å². The molecule has 0 saturated heterocycles. The molecule has 20 heavy (non-hydrogen) atoms. The summed E-state index contributed by atoms with van der Waals surface area (Å²) in [6.45, 7) is -2.50. The third kappa shape index (κ3) is 3.45. The van der Waals surface area contributed by atoms with Crippen LogP contribution in [-0.4, -0.2) is 49.1 Å². The number of rotatable bonds is 6. The highest BCUT2D eigenvalue weighted by Gasteiger charge is 2.35. The standard InChI is InChI=1S/C10H14BrFN2O5S/c11-6-1-9(8(13)2-7(6)12)20(18,19)14-10(3-15,4-16)5-17/h1-2,14-17H,3-5,13H2. The number of halogens is 2. The van der Waals surface area contributed by atoms with Gasteiger partial charge in [-0.1, -0.05) is 0 Å². The predicted molar refractivity (Wildman–Crippen MR) is 72.8 cm³/mol. The average Bonchev–Trinajstić information content (AvgIpc) is 2.40. The SMILES string of the molecule is Nc1cc(F)c(Br)cc1S(=O)(=O)NC(CO)(CO)CO. The van der Waals surface area contributed by atoms with E-state index in [2.05, 4.69) is 15.9 Å². The minimum absolute atomic E-state index is 0.116. The zero-order valence-corrected chi connectivity index (χ0v) is 12.6. The third-order valence-corrected chi connectivity index (χ3v) is 4.84. The molecule has 0 radical (unpaired) electrons. The average molecular weight is 373 g/mol. The number of nitrogen functional groups attached to an aromatic ring is 1. The van der Waals surface area contributed by atoms with Crippen LogP contribution in [0.25, 0.3) is 0 Å². The van der Waals surface area contributed by atoms with Crippen molar-refractivity contribution in [1.82, 2.24) is 4.72 Å². The van der Waals surface area contributed by atoms with E-state index < -0.39 is 46.1 Å². The van der Waals surface area contributed by atoms with Gasteiger partial charge in [-0.3, -0.25) is 0 Å². The monoisotopic (exact) mass is 372 g/mol. The van der Waals surface area contributed by atoms with Crippen LogP contribution in [0.4, 0.5) is 10.1 Å². The van der Waals surface area contributed by atoms with E-state index in [4.69, 9.17) is 21.1 Å². The smallest absolute Gasteiger partial charge is 0.243 e. The van der Waals surface area contributed by atoms with Crippen LogP contribution in [0, 0.1) is 5.82 Å². The Kier molecular flexibility index (Phi) is 5.46. The Labute approximate surface area is 123 Å². The van der Waals surface area contributed by atoms with Crippen molar-refractivity contribution in [3.05, 3.63) is 22.4 Å². The lowest BCUT2D eigenvalue weighted by molar-refractivity contribution is 0.0582. The van der Waals surface area contributed by atoms with E-state index in [1.165, 1.54) is 0 Å². The van der Waals surface area contributed by atoms with Gasteiger partial charge in [0.25, 0.3) is 0 Å². The first-order valence-electron chi connectivity index (χ1n) is 5.32. The number of benzene rings is 1. The van der Waals surface area contributed by atoms with Crippen molar-refractivity contribution in [3.8, 4) is 0 Å². The molecule has 0 unspecified atom stereocenters. The van der Waals surface area contributed by atoms with Gasteiger partial charge in [0.1, 0.15) is 16.3 Å². The number of anilines is 1. The summed E-state index contributed by atoms with van der Waals surface area (Å²) in [4.78, 5) is -0.439. The Morgan fingerprint density at radius 2 is 1.75 bits per heavy atom. The maximum Gasteiger partial charge on any atom is 0.243 e. The predicted octanol–water partition coefficient (Wildman–Crippen LogP) is -0.836. The molecule has 0 aromatic heterocycles. The summed E-state index contributed by atoms with van der Waals surface area (Å²) in [6.07, 6.45) is 0. The Bertz CT molecular complexity index is 583. The van der Waals surface area contributed by atoms with Gasteiger partial charge in [0.2, 0.25) is 10.0 Å². The summed E-state index contributed by atoms with van der Waals surface area (Å²) in [5.74, 6) is -0.737. The van der Waals surface area contributed by atoms with Crippen LogP contribution >= 0.6 is 15.9 Å². The second-order valence-electron chi connectivity index (χ2n) is 4.16. The van der Waals surface area contributed by atoms with Crippen LogP contribution in [0.3, 0.4) is 0 Å². The fourth-order valence-corrected chi connectivity index (χ4v) is 3.37. The zero-order chi connectivity index (χ0) is 15.6. The molecule has 0 aliphatic heterocycles. The molecule has 0 atom stereocenters. The van der Waals surface area contributed by atoms with E-state index in [1.54, 1.807) is 0 Å². The van der Waals surface area contributed by atoms with E-state index in [0.29, 0.717) is 0 Å². The molecule has 0 spiro atoms. The second-order valence-corrected chi connectivity index (χ2v) is 6.67. The summed E-state index contributed by atoms with van der Waals surface area (Å²) in [6, 6.07) is 1.76. The van der Waals surface area contributed by atoms with Crippen molar-refractivity contribution in [1.29, 1.82) is 0 Å². The first-order chi connectivity index (χ1) is 9.21. The Balaban J connectivity index is 3.28. The number of sulfonamides is 1. The molecule has 7 nitrogen and oxygen atoms in total. The molecule has 0 heterocycles. The lowest BCUT2D eigenvalue weighted by Gasteiger charge is -2.28. The molecule has 1 aromatic rings. The molecule has 1 rings (SSSR count). The number of nitrogens with one attached hydrogen (secondary N) is 1. The largest absolute Gasteiger partial charge is 0.398 e. The van der Waals surface area contributed by atoms with Crippen molar-refractivity contribution in [3.63, 3.8) is 0 Å². The van der Waals surface area contributed by atoms with Crippen LogP contribution in [0.1, 0.15) is 0 Å². The second kappa shape index (κ2) is 6.33. The lowest BCUT2D eigenvalue weighted by Crippen LogP contribution is -2.56. The Morgan fingerprint density at radius 3 is 2.20 bits per heavy atom. The van der Waals surface area contributed by atoms with E-state index in [1.807, 2.05) is 4.72 Å². The maximum absolute atomic E-state index is 13.2. The molecule has 0 saturated carbocycles. The molecule has 0 amide bonds. The highest BCUT2D eigenvalue weighted by atomic mass is 79.9. The van der Waals surface area contributed by atoms with Crippen molar-refractivity contribution < 1.29 is 28.1 Å². The number of aliphatic hydroxyl groups is 3. The molecular weight excluding hydrogens is 359 g/mol. The van der Waals surface area contributed by atoms with Gasteiger partial charge in [-0.05, 0) is 28.1 Å². The fraction of sp³-hybridized carbons (Fsp3) is 0.400. The van der Waals surface area contributed by atoms with Crippen LogP contribution in [-0.2, 0) is 10.0 Å². The molecule has 0 fully saturated rings.